The first-order chi connectivity index (χ1) is 6.84. The van der Waals surface area contributed by atoms with Gasteiger partial charge in [0.05, 0.1) is 13.2 Å². The fourth-order valence-corrected chi connectivity index (χ4v) is 1.67. The molecule has 1 fully saturated rings. The molecule has 1 saturated heterocycles. The normalized spacial score (nSPS) is 18.0. The van der Waals surface area contributed by atoms with Gasteiger partial charge in [-0.2, -0.15) is 0 Å². The van der Waals surface area contributed by atoms with E-state index in [-0.39, 0.29) is 6.10 Å². The number of hydrogen-bond donors (Lipinski definition) is 1. The van der Waals surface area contributed by atoms with Crippen molar-refractivity contribution in [1.29, 1.82) is 0 Å². The molecule has 4 heteroatoms. The number of aromatic amines is 1. The molecule has 3 nitrogen and oxygen atoms in total. The number of H-pyrrole nitrogens is 1. The van der Waals surface area contributed by atoms with Crippen LogP contribution in [0, 0.1) is 4.64 Å². The Morgan fingerprint density at radius 1 is 1.43 bits per heavy atom. The molecule has 0 spiro atoms. The molecule has 0 atom stereocenters. The summed E-state index contributed by atoms with van der Waals surface area (Å²) in [7, 11) is 0. The van der Waals surface area contributed by atoms with Gasteiger partial charge in [-0.15, -0.1) is 0 Å². The highest BCUT2D eigenvalue weighted by Crippen LogP contribution is 2.16. The molecule has 0 bridgehead atoms. The standard InChI is InChI=1S/C10H13NO2S/c14-10-7-9(1-4-11-10)13-8-2-5-12-6-3-8/h1,4,7-8H,2-3,5-6H2,(H,11,14). The second-order valence-electron chi connectivity index (χ2n) is 3.32. The Labute approximate surface area is 88.1 Å². The largest absolute Gasteiger partial charge is 0.490 e. The van der Waals surface area contributed by atoms with E-state index in [9.17, 15) is 0 Å². The van der Waals surface area contributed by atoms with Crippen LogP contribution in [0.3, 0.4) is 0 Å². The average molecular weight is 211 g/mol. The molecule has 1 N–H and O–H groups in total. The van der Waals surface area contributed by atoms with Crippen molar-refractivity contribution in [3.63, 3.8) is 0 Å². The van der Waals surface area contributed by atoms with Crippen molar-refractivity contribution in [3.05, 3.63) is 23.0 Å². The van der Waals surface area contributed by atoms with Gasteiger partial charge in [-0.25, -0.2) is 0 Å². The van der Waals surface area contributed by atoms with E-state index in [2.05, 4.69) is 4.98 Å². The van der Waals surface area contributed by atoms with Gasteiger partial charge in [0.25, 0.3) is 0 Å². The molecular formula is C10H13NO2S. The van der Waals surface area contributed by atoms with Crippen LogP contribution in [-0.4, -0.2) is 24.3 Å². The van der Waals surface area contributed by atoms with Crippen LogP contribution < -0.4 is 4.74 Å². The lowest BCUT2D eigenvalue weighted by Gasteiger charge is -2.23. The summed E-state index contributed by atoms with van der Waals surface area (Å²) < 4.78 is 11.7. The van der Waals surface area contributed by atoms with Gasteiger partial charge in [0.2, 0.25) is 0 Å². The first-order valence-corrected chi connectivity index (χ1v) is 5.18. The van der Waals surface area contributed by atoms with Gasteiger partial charge >= 0.3 is 0 Å². The van der Waals surface area contributed by atoms with Crippen molar-refractivity contribution >= 4 is 12.2 Å². The summed E-state index contributed by atoms with van der Waals surface area (Å²) in [5, 5.41) is 0. The van der Waals surface area contributed by atoms with E-state index in [1.54, 1.807) is 6.20 Å². The van der Waals surface area contributed by atoms with Crippen LogP contribution in [0.25, 0.3) is 0 Å². The maximum atomic E-state index is 5.77. The van der Waals surface area contributed by atoms with Crippen molar-refractivity contribution in [2.75, 3.05) is 13.2 Å². The summed E-state index contributed by atoms with van der Waals surface area (Å²) in [5.74, 6) is 0.848. The molecule has 0 unspecified atom stereocenters. The molecule has 1 aliphatic heterocycles. The monoisotopic (exact) mass is 211 g/mol. The maximum absolute atomic E-state index is 5.77. The molecule has 1 aromatic rings. The lowest BCUT2D eigenvalue weighted by atomic mass is 10.1. The van der Waals surface area contributed by atoms with Gasteiger partial charge in [0.15, 0.2) is 0 Å². The summed E-state index contributed by atoms with van der Waals surface area (Å²) in [6.45, 7) is 1.59. The summed E-state index contributed by atoms with van der Waals surface area (Å²) in [6, 6.07) is 3.73. The van der Waals surface area contributed by atoms with Gasteiger partial charge in [0.1, 0.15) is 16.5 Å². The third-order valence-electron chi connectivity index (χ3n) is 2.22. The third kappa shape index (κ3) is 2.56. The Morgan fingerprint density at radius 3 is 2.93 bits per heavy atom. The lowest BCUT2D eigenvalue weighted by Crippen LogP contribution is -2.25. The van der Waals surface area contributed by atoms with Gasteiger partial charge in [-0.3, -0.25) is 0 Å². The van der Waals surface area contributed by atoms with Crippen molar-refractivity contribution in [1.82, 2.24) is 4.98 Å². The van der Waals surface area contributed by atoms with Crippen molar-refractivity contribution in [3.8, 4) is 5.75 Å². The van der Waals surface area contributed by atoms with Crippen molar-refractivity contribution in [2.24, 2.45) is 0 Å². The molecule has 0 aliphatic carbocycles. The minimum absolute atomic E-state index is 0.278. The molecule has 76 valence electrons. The number of pyridine rings is 1. The molecule has 1 aliphatic rings. The fraction of sp³-hybridized carbons (Fsp3) is 0.500. The minimum atomic E-state index is 0.278. The number of rotatable bonds is 2. The highest BCUT2D eigenvalue weighted by atomic mass is 32.1. The molecule has 2 heterocycles. The first-order valence-electron chi connectivity index (χ1n) is 4.78. The molecule has 0 radical (unpaired) electrons. The molecule has 0 aromatic carbocycles. The topological polar surface area (TPSA) is 34.2 Å². The molecule has 0 saturated carbocycles. The van der Waals surface area contributed by atoms with Crippen LogP contribution in [0.5, 0.6) is 5.75 Å². The molecule has 0 amide bonds. The Morgan fingerprint density at radius 2 is 2.21 bits per heavy atom. The van der Waals surface area contributed by atoms with Crippen LogP contribution in [0.1, 0.15) is 12.8 Å². The summed E-state index contributed by atoms with van der Waals surface area (Å²) in [6.07, 6.45) is 4.01. The van der Waals surface area contributed by atoms with Gasteiger partial charge in [0, 0.05) is 25.1 Å². The summed E-state index contributed by atoms with van der Waals surface area (Å²) >= 11 is 5.01. The highest BCUT2D eigenvalue weighted by Gasteiger charge is 2.14. The molecular weight excluding hydrogens is 198 g/mol. The number of nitrogens with one attached hydrogen (secondary N) is 1. The van der Waals surface area contributed by atoms with Crippen molar-refractivity contribution < 1.29 is 9.47 Å². The highest BCUT2D eigenvalue weighted by molar-refractivity contribution is 7.71. The molecule has 1 aromatic heterocycles. The van der Waals surface area contributed by atoms with Gasteiger partial charge in [-0.1, -0.05) is 12.2 Å². The Kier molecular flexibility index (Phi) is 3.16. The zero-order valence-electron chi connectivity index (χ0n) is 7.86. The smallest absolute Gasteiger partial charge is 0.124 e. The second-order valence-corrected chi connectivity index (χ2v) is 3.76. The maximum Gasteiger partial charge on any atom is 0.124 e. The van der Waals surface area contributed by atoms with E-state index in [0.29, 0.717) is 4.64 Å². The predicted molar refractivity (Wildman–Crippen MR) is 56.1 cm³/mol. The second kappa shape index (κ2) is 4.57. The van der Waals surface area contributed by atoms with E-state index < -0.39 is 0 Å². The van der Waals surface area contributed by atoms with Crippen molar-refractivity contribution in [2.45, 2.75) is 18.9 Å². The van der Waals surface area contributed by atoms with E-state index in [4.69, 9.17) is 21.7 Å². The van der Waals surface area contributed by atoms with Crippen LogP contribution in [0.15, 0.2) is 18.3 Å². The Bertz CT molecular complexity index is 344. The summed E-state index contributed by atoms with van der Waals surface area (Å²) in [5.41, 5.74) is 0. The van der Waals surface area contributed by atoms with E-state index in [0.717, 1.165) is 31.8 Å². The number of ether oxygens (including phenoxy) is 2. The summed E-state index contributed by atoms with van der Waals surface area (Å²) in [4.78, 5) is 2.92. The zero-order chi connectivity index (χ0) is 9.80. The predicted octanol–water partition coefficient (Wildman–Crippen LogP) is 2.30. The third-order valence-corrected chi connectivity index (χ3v) is 2.45. The van der Waals surface area contributed by atoms with E-state index in [1.165, 1.54) is 0 Å². The first kappa shape index (κ1) is 9.68. The van der Waals surface area contributed by atoms with E-state index >= 15 is 0 Å². The Balaban J connectivity index is 1.99. The quantitative estimate of drug-likeness (QED) is 0.762. The van der Waals surface area contributed by atoms with Crippen LogP contribution in [0.2, 0.25) is 0 Å². The van der Waals surface area contributed by atoms with Crippen LogP contribution in [0.4, 0.5) is 0 Å². The van der Waals surface area contributed by atoms with Crippen LogP contribution >= 0.6 is 12.2 Å². The van der Waals surface area contributed by atoms with Gasteiger partial charge in [-0.05, 0) is 6.07 Å². The average Bonchev–Trinajstić information content (AvgIpc) is 2.19. The molecule has 14 heavy (non-hydrogen) atoms. The Hall–Kier alpha value is -0.870. The van der Waals surface area contributed by atoms with E-state index in [1.807, 2.05) is 12.1 Å². The SMILES string of the molecule is S=c1cc(OC2CCOCC2)cc[nH]1. The van der Waals surface area contributed by atoms with Crippen LogP contribution in [-0.2, 0) is 4.74 Å². The van der Waals surface area contributed by atoms with Gasteiger partial charge < -0.3 is 14.5 Å². The lowest BCUT2D eigenvalue weighted by molar-refractivity contribution is 0.0255. The number of aromatic nitrogens is 1. The minimum Gasteiger partial charge on any atom is -0.490 e. The molecule has 2 rings (SSSR count). The fourth-order valence-electron chi connectivity index (χ4n) is 1.48. The zero-order valence-corrected chi connectivity index (χ0v) is 8.68. The number of hydrogen-bond acceptors (Lipinski definition) is 3.